The summed E-state index contributed by atoms with van der Waals surface area (Å²) >= 11 is 3.38. The standard InChI is InChI=1S/C18H17FN2S2/c19-17-4-2-1-3-13(17)9-21(16-5-6-16)10-15-12-23-18(20-15)14-7-8-22-11-14/h1-4,7-8,11-12,16H,5-6,9-10H2. The highest BCUT2D eigenvalue weighted by atomic mass is 32.1. The van der Waals surface area contributed by atoms with Gasteiger partial charge in [0.05, 0.1) is 5.69 Å². The van der Waals surface area contributed by atoms with Crippen LogP contribution in [0.2, 0.25) is 0 Å². The zero-order valence-electron chi connectivity index (χ0n) is 12.6. The second-order valence-electron chi connectivity index (χ2n) is 5.88. The Kier molecular flexibility index (Phi) is 4.25. The van der Waals surface area contributed by atoms with E-state index in [-0.39, 0.29) is 5.82 Å². The smallest absolute Gasteiger partial charge is 0.127 e. The van der Waals surface area contributed by atoms with E-state index >= 15 is 0 Å². The molecular formula is C18H17FN2S2. The highest BCUT2D eigenvalue weighted by Gasteiger charge is 2.30. The molecule has 118 valence electrons. The number of rotatable bonds is 6. The fourth-order valence-electron chi connectivity index (χ4n) is 2.71. The Labute approximate surface area is 143 Å². The van der Waals surface area contributed by atoms with E-state index in [1.54, 1.807) is 28.7 Å². The molecule has 1 aliphatic carbocycles. The minimum absolute atomic E-state index is 0.115. The first-order chi connectivity index (χ1) is 11.3. The van der Waals surface area contributed by atoms with E-state index in [2.05, 4.69) is 27.1 Å². The van der Waals surface area contributed by atoms with Crippen molar-refractivity contribution in [2.24, 2.45) is 0 Å². The molecule has 0 radical (unpaired) electrons. The molecule has 0 spiro atoms. The van der Waals surface area contributed by atoms with Gasteiger partial charge in [0.2, 0.25) is 0 Å². The quantitative estimate of drug-likeness (QED) is 0.613. The van der Waals surface area contributed by atoms with Gasteiger partial charge in [0.1, 0.15) is 10.8 Å². The average Bonchev–Trinajstić information content (AvgIpc) is 3.07. The number of halogens is 1. The molecule has 0 amide bonds. The van der Waals surface area contributed by atoms with Crippen molar-refractivity contribution in [1.82, 2.24) is 9.88 Å². The molecule has 1 aromatic carbocycles. The third-order valence-corrected chi connectivity index (χ3v) is 5.70. The van der Waals surface area contributed by atoms with E-state index in [1.165, 1.54) is 24.5 Å². The molecule has 2 aromatic heterocycles. The molecule has 0 saturated heterocycles. The van der Waals surface area contributed by atoms with Gasteiger partial charge in [-0.2, -0.15) is 11.3 Å². The number of thiophene rings is 1. The van der Waals surface area contributed by atoms with Gasteiger partial charge in [0, 0.05) is 41.0 Å². The Morgan fingerprint density at radius 2 is 2.00 bits per heavy atom. The first-order valence-electron chi connectivity index (χ1n) is 7.74. The third kappa shape index (κ3) is 3.52. The zero-order chi connectivity index (χ0) is 15.6. The molecule has 5 heteroatoms. The van der Waals surface area contributed by atoms with Gasteiger partial charge in [-0.3, -0.25) is 4.90 Å². The van der Waals surface area contributed by atoms with Gasteiger partial charge in [-0.25, -0.2) is 9.37 Å². The molecule has 1 fully saturated rings. The molecular weight excluding hydrogens is 327 g/mol. The van der Waals surface area contributed by atoms with Crippen LogP contribution in [0, 0.1) is 5.82 Å². The van der Waals surface area contributed by atoms with Gasteiger partial charge in [-0.1, -0.05) is 18.2 Å². The van der Waals surface area contributed by atoms with Gasteiger partial charge >= 0.3 is 0 Å². The number of hydrogen-bond donors (Lipinski definition) is 0. The van der Waals surface area contributed by atoms with Gasteiger partial charge in [0.25, 0.3) is 0 Å². The van der Waals surface area contributed by atoms with Gasteiger partial charge < -0.3 is 0 Å². The number of aromatic nitrogens is 1. The molecule has 0 aliphatic heterocycles. The second kappa shape index (κ2) is 6.51. The summed E-state index contributed by atoms with van der Waals surface area (Å²) in [5.74, 6) is -0.115. The van der Waals surface area contributed by atoms with Crippen LogP contribution in [0.5, 0.6) is 0 Å². The summed E-state index contributed by atoms with van der Waals surface area (Å²) in [5, 5.41) is 7.40. The molecule has 0 N–H and O–H groups in total. The van der Waals surface area contributed by atoms with Gasteiger partial charge in [-0.05, 0) is 30.4 Å². The Morgan fingerprint density at radius 1 is 1.13 bits per heavy atom. The summed E-state index contributed by atoms with van der Waals surface area (Å²) in [5.41, 5.74) is 3.05. The van der Waals surface area contributed by atoms with Crippen molar-refractivity contribution in [3.8, 4) is 10.6 Å². The first-order valence-corrected chi connectivity index (χ1v) is 9.56. The lowest BCUT2D eigenvalue weighted by atomic mass is 10.2. The predicted molar refractivity (Wildman–Crippen MR) is 94.1 cm³/mol. The van der Waals surface area contributed by atoms with Crippen LogP contribution in [-0.4, -0.2) is 15.9 Å². The summed E-state index contributed by atoms with van der Waals surface area (Å²) in [7, 11) is 0. The van der Waals surface area contributed by atoms with Crippen LogP contribution in [0.1, 0.15) is 24.1 Å². The van der Waals surface area contributed by atoms with Crippen molar-refractivity contribution in [1.29, 1.82) is 0 Å². The topological polar surface area (TPSA) is 16.1 Å². The molecule has 2 nitrogen and oxygen atoms in total. The maximum absolute atomic E-state index is 13.9. The van der Waals surface area contributed by atoms with Crippen molar-refractivity contribution < 1.29 is 4.39 Å². The second-order valence-corrected chi connectivity index (χ2v) is 7.52. The maximum atomic E-state index is 13.9. The van der Waals surface area contributed by atoms with Crippen LogP contribution < -0.4 is 0 Å². The Balaban J connectivity index is 1.50. The van der Waals surface area contributed by atoms with Crippen molar-refractivity contribution >= 4 is 22.7 Å². The molecule has 23 heavy (non-hydrogen) atoms. The van der Waals surface area contributed by atoms with Crippen LogP contribution in [0.3, 0.4) is 0 Å². The molecule has 1 saturated carbocycles. The number of hydrogen-bond acceptors (Lipinski definition) is 4. The largest absolute Gasteiger partial charge is 0.290 e. The predicted octanol–water partition coefficient (Wildman–Crippen LogP) is 5.18. The normalized spacial score (nSPS) is 14.5. The zero-order valence-corrected chi connectivity index (χ0v) is 14.2. The summed E-state index contributed by atoms with van der Waals surface area (Å²) in [6.45, 7) is 1.45. The van der Waals surface area contributed by atoms with Crippen LogP contribution in [0.4, 0.5) is 4.39 Å². The SMILES string of the molecule is Fc1ccccc1CN(Cc1csc(-c2ccsc2)n1)C1CC1. The summed E-state index contributed by atoms with van der Waals surface area (Å²) in [6, 6.07) is 9.74. The first kappa shape index (κ1) is 15.0. The summed E-state index contributed by atoms with van der Waals surface area (Å²) in [4.78, 5) is 7.11. The molecule has 4 rings (SSSR count). The molecule has 2 heterocycles. The fourth-order valence-corrected chi connectivity index (χ4v) is 4.23. The minimum atomic E-state index is -0.115. The summed E-state index contributed by atoms with van der Waals surface area (Å²) < 4.78 is 13.9. The highest BCUT2D eigenvalue weighted by molar-refractivity contribution is 7.14. The van der Waals surface area contributed by atoms with Crippen molar-refractivity contribution in [2.45, 2.75) is 32.0 Å². The maximum Gasteiger partial charge on any atom is 0.127 e. The number of benzene rings is 1. The molecule has 0 bridgehead atoms. The van der Waals surface area contributed by atoms with Crippen LogP contribution in [0.25, 0.3) is 10.6 Å². The van der Waals surface area contributed by atoms with Gasteiger partial charge in [0.15, 0.2) is 0 Å². The number of nitrogens with zero attached hydrogens (tertiary/aromatic N) is 2. The lowest BCUT2D eigenvalue weighted by molar-refractivity contribution is 0.240. The van der Waals surface area contributed by atoms with E-state index in [0.717, 1.165) is 22.8 Å². The third-order valence-electron chi connectivity index (χ3n) is 4.08. The molecule has 0 atom stereocenters. The van der Waals surface area contributed by atoms with Crippen LogP contribution in [-0.2, 0) is 13.1 Å². The highest BCUT2D eigenvalue weighted by Crippen LogP contribution is 2.32. The van der Waals surface area contributed by atoms with E-state index in [1.807, 2.05) is 12.1 Å². The fraction of sp³-hybridized carbons (Fsp3) is 0.278. The van der Waals surface area contributed by atoms with E-state index in [0.29, 0.717) is 12.6 Å². The van der Waals surface area contributed by atoms with Crippen molar-refractivity contribution in [2.75, 3.05) is 0 Å². The molecule has 1 aliphatic rings. The van der Waals surface area contributed by atoms with E-state index < -0.39 is 0 Å². The lowest BCUT2D eigenvalue weighted by Gasteiger charge is -2.21. The van der Waals surface area contributed by atoms with Gasteiger partial charge in [-0.15, -0.1) is 11.3 Å². The Bertz CT molecular complexity index is 778. The van der Waals surface area contributed by atoms with Crippen molar-refractivity contribution in [3.05, 3.63) is 63.5 Å². The van der Waals surface area contributed by atoms with Crippen LogP contribution >= 0.6 is 22.7 Å². The monoisotopic (exact) mass is 344 g/mol. The summed E-state index contributed by atoms with van der Waals surface area (Å²) in [6.07, 6.45) is 2.41. The van der Waals surface area contributed by atoms with E-state index in [4.69, 9.17) is 4.98 Å². The Hall–Kier alpha value is -1.56. The number of thiazole rings is 1. The average molecular weight is 344 g/mol. The molecule has 0 unspecified atom stereocenters. The van der Waals surface area contributed by atoms with E-state index in [9.17, 15) is 4.39 Å². The minimum Gasteiger partial charge on any atom is -0.290 e. The van der Waals surface area contributed by atoms with Crippen molar-refractivity contribution in [3.63, 3.8) is 0 Å². The van der Waals surface area contributed by atoms with Crippen LogP contribution in [0.15, 0.2) is 46.5 Å². The lowest BCUT2D eigenvalue weighted by Crippen LogP contribution is -2.25. The Morgan fingerprint density at radius 3 is 2.74 bits per heavy atom. The molecule has 3 aromatic rings.